The average molecular weight is 240 g/mol. The van der Waals surface area contributed by atoms with E-state index in [0.717, 1.165) is 23.8 Å². The van der Waals surface area contributed by atoms with Crippen LogP contribution in [0.25, 0.3) is 0 Å². The predicted octanol–water partition coefficient (Wildman–Crippen LogP) is 3.19. The van der Waals surface area contributed by atoms with E-state index in [4.69, 9.17) is 22.1 Å². The molecule has 0 aliphatic heterocycles. The first-order chi connectivity index (χ1) is 7.72. The zero-order valence-electron chi connectivity index (χ0n) is 9.58. The van der Waals surface area contributed by atoms with E-state index in [1.165, 1.54) is 12.8 Å². The third-order valence-corrected chi connectivity index (χ3v) is 3.34. The molecule has 0 radical (unpaired) electrons. The SMILES string of the molecule is CC(CN)c1cccc(Cl)c1OCC1CC1. The molecule has 16 heavy (non-hydrogen) atoms. The average Bonchev–Trinajstić information content (AvgIpc) is 3.10. The molecule has 1 aliphatic carbocycles. The fourth-order valence-corrected chi connectivity index (χ4v) is 1.91. The maximum absolute atomic E-state index is 6.17. The number of para-hydroxylation sites is 1. The smallest absolute Gasteiger partial charge is 0.141 e. The van der Waals surface area contributed by atoms with Gasteiger partial charge in [0.05, 0.1) is 11.6 Å². The number of benzene rings is 1. The topological polar surface area (TPSA) is 35.2 Å². The van der Waals surface area contributed by atoms with Gasteiger partial charge in [0.1, 0.15) is 5.75 Å². The Morgan fingerprint density at radius 3 is 2.88 bits per heavy atom. The summed E-state index contributed by atoms with van der Waals surface area (Å²) in [5.74, 6) is 1.85. The molecule has 1 aliphatic rings. The van der Waals surface area contributed by atoms with Crippen LogP contribution in [0.3, 0.4) is 0 Å². The van der Waals surface area contributed by atoms with Gasteiger partial charge in [-0.2, -0.15) is 0 Å². The second-order valence-electron chi connectivity index (χ2n) is 4.55. The van der Waals surface area contributed by atoms with Crippen LogP contribution in [0.4, 0.5) is 0 Å². The van der Waals surface area contributed by atoms with Gasteiger partial charge in [0.25, 0.3) is 0 Å². The van der Waals surface area contributed by atoms with Gasteiger partial charge in [-0.05, 0) is 42.9 Å². The van der Waals surface area contributed by atoms with Crippen molar-refractivity contribution in [2.75, 3.05) is 13.2 Å². The third-order valence-electron chi connectivity index (χ3n) is 3.04. The molecule has 0 bridgehead atoms. The Kier molecular flexibility index (Phi) is 3.72. The maximum Gasteiger partial charge on any atom is 0.141 e. The van der Waals surface area contributed by atoms with Gasteiger partial charge >= 0.3 is 0 Å². The summed E-state index contributed by atoms with van der Waals surface area (Å²) in [4.78, 5) is 0. The minimum atomic E-state index is 0.285. The van der Waals surface area contributed by atoms with Gasteiger partial charge in [-0.25, -0.2) is 0 Å². The molecule has 1 unspecified atom stereocenters. The third kappa shape index (κ3) is 2.69. The number of rotatable bonds is 5. The van der Waals surface area contributed by atoms with E-state index in [1.807, 2.05) is 18.2 Å². The van der Waals surface area contributed by atoms with Gasteiger partial charge in [0.2, 0.25) is 0 Å². The molecule has 0 aromatic heterocycles. The Labute approximate surface area is 102 Å². The van der Waals surface area contributed by atoms with Crippen LogP contribution in [0.15, 0.2) is 18.2 Å². The molecule has 0 saturated heterocycles. The molecule has 1 atom stereocenters. The van der Waals surface area contributed by atoms with Crippen molar-refractivity contribution in [1.29, 1.82) is 0 Å². The lowest BCUT2D eigenvalue weighted by Crippen LogP contribution is -2.11. The molecule has 1 fully saturated rings. The first-order valence-corrected chi connectivity index (χ1v) is 6.21. The van der Waals surface area contributed by atoms with Crippen LogP contribution in [-0.4, -0.2) is 13.2 Å². The molecular formula is C13H18ClNO. The van der Waals surface area contributed by atoms with Crippen molar-refractivity contribution in [3.8, 4) is 5.75 Å². The minimum Gasteiger partial charge on any atom is -0.491 e. The van der Waals surface area contributed by atoms with E-state index >= 15 is 0 Å². The lowest BCUT2D eigenvalue weighted by Gasteiger charge is -2.16. The van der Waals surface area contributed by atoms with Crippen molar-refractivity contribution in [3.63, 3.8) is 0 Å². The van der Waals surface area contributed by atoms with Crippen molar-refractivity contribution >= 4 is 11.6 Å². The highest BCUT2D eigenvalue weighted by Gasteiger charge is 2.23. The molecule has 1 aromatic carbocycles. The Morgan fingerprint density at radius 2 is 2.25 bits per heavy atom. The fraction of sp³-hybridized carbons (Fsp3) is 0.538. The summed E-state index contributed by atoms with van der Waals surface area (Å²) in [7, 11) is 0. The van der Waals surface area contributed by atoms with Crippen LogP contribution >= 0.6 is 11.6 Å². The van der Waals surface area contributed by atoms with Gasteiger partial charge in [0, 0.05) is 0 Å². The second-order valence-corrected chi connectivity index (χ2v) is 4.96. The number of hydrogen-bond acceptors (Lipinski definition) is 2. The lowest BCUT2D eigenvalue weighted by atomic mass is 10.0. The largest absolute Gasteiger partial charge is 0.491 e. The normalized spacial score (nSPS) is 17.2. The van der Waals surface area contributed by atoms with Gasteiger partial charge in [-0.15, -0.1) is 0 Å². The van der Waals surface area contributed by atoms with E-state index in [0.29, 0.717) is 11.6 Å². The zero-order valence-corrected chi connectivity index (χ0v) is 10.3. The van der Waals surface area contributed by atoms with Crippen molar-refractivity contribution in [2.45, 2.75) is 25.7 Å². The number of hydrogen-bond donors (Lipinski definition) is 1. The molecule has 2 rings (SSSR count). The van der Waals surface area contributed by atoms with Crippen LogP contribution in [0.1, 0.15) is 31.2 Å². The molecule has 1 saturated carbocycles. The Bertz CT molecular complexity index is 363. The summed E-state index contributed by atoms with van der Waals surface area (Å²) < 4.78 is 5.83. The van der Waals surface area contributed by atoms with Crippen molar-refractivity contribution in [2.24, 2.45) is 11.7 Å². The Hall–Kier alpha value is -0.730. The van der Waals surface area contributed by atoms with Crippen molar-refractivity contribution < 1.29 is 4.74 Å². The van der Waals surface area contributed by atoms with Gasteiger partial charge in [-0.3, -0.25) is 0 Å². The summed E-state index contributed by atoms with van der Waals surface area (Å²) in [6, 6.07) is 5.87. The summed E-state index contributed by atoms with van der Waals surface area (Å²) in [5.41, 5.74) is 6.81. The molecule has 2 N–H and O–H groups in total. The highest BCUT2D eigenvalue weighted by atomic mass is 35.5. The standard InChI is InChI=1S/C13H18ClNO/c1-9(7-15)11-3-2-4-12(14)13(11)16-8-10-5-6-10/h2-4,9-10H,5-8,15H2,1H3. The lowest BCUT2D eigenvalue weighted by molar-refractivity contribution is 0.295. The van der Waals surface area contributed by atoms with Crippen molar-refractivity contribution in [1.82, 2.24) is 0 Å². The van der Waals surface area contributed by atoms with Gasteiger partial charge in [-0.1, -0.05) is 30.7 Å². The Morgan fingerprint density at radius 1 is 1.50 bits per heavy atom. The van der Waals surface area contributed by atoms with E-state index in [-0.39, 0.29) is 5.92 Å². The summed E-state index contributed by atoms with van der Waals surface area (Å²) in [6.07, 6.45) is 2.57. The first kappa shape index (κ1) is 11.7. The quantitative estimate of drug-likeness (QED) is 0.857. The molecule has 2 nitrogen and oxygen atoms in total. The number of halogens is 1. The Balaban J connectivity index is 2.17. The second kappa shape index (κ2) is 5.07. The van der Waals surface area contributed by atoms with Crippen LogP contribution < -0.4 is 10.5 Å². The molecular weight excluding hydrogens is 222 g/mol. The molecule has 0 spiro atoms. The van der Waals surface area contributed by atoms with E-state index < -0.39 is 0 Å². The van der Waals surface area contributed by atoms with Gasteiger partial charge < -0.3 is 10.5 Å². The van der Waals surface area contributed by atoms with Crippen LogP contribution in [0.5, 0.6) is 5.75 Å². The summed E-state index contributed by atoms with van der Waals surface area (Å²) in [5, 5.41) is 0.693. The van der Waals surface area contributed by atoms with Crippen LogP contribution in [0.2, 0.25) is 5.02 Å². The van der Waals surface area contributed by atoms with E-state index in [9.17, 15) is 0 Å². The van der Waals surface area contributed by atoms with Gasteiger partial charge in [0.15, 0.2) is 0 Å². The van der Waals surface area contributed by atoms with Crippen LogP contribution in [-0.2, 0) is 0 Å². The highest BCUT2D eigenvalue weighted by Crippen LogP contribution is 2.36. The monoisotopic (exact) mass is 239 g/mol. The van der Waals surface area contributed by atoms with Crippen molar-refractivity contribution in [3.05, 3.63) is 28.8 Å². The minimum absolute atomic E-state index is 0.285. The predicted molar refractivity (Wildman–Crippen MR) is 67.1 cm³/mol. The summed E-state index contributed by atoms with van der Waals surface area (Å²) in [6.45, 7) is 3.49. The molecule has 88 valence electrons. The molecule has 0 heterocycles. The summed E-state index contributed by atoms with van der Waals surface area (Å²) >= 11 is 6.17. The van der Waals surface area contributed by atoms with Crippen LogP contribution in [0, 0.1) is 5.92 Å². The molecule has 1 aromatic rings. The van der Waals surface area contributed by atoms with E-state index in [1.54, 1.807) is 0 Å². The molecule has 0 amide bonds. The fourth-order valence-electron chi connectivity index (χ4n) is 1.68. The number of nitrogens with two attached hydrogens (primary N) is 1. The number of ether oxygens (including phenoxy) is 1. The maximum atomic E-state index is 6.17. The zero-order chi connectivity index (χ0) is 11.5. The van der Waals surface area contributed by atoms with E-state index in [2.05, 4.69) is 6.92 Å². The molecule has 3 heteroatoms. The highest BCUT2D eigenvalue weighted by molar-refractivity contribution is 6.32. The first-order valence-electron chi connectivity index (χ1n) is 5.83.